The Labute approximate surface area is 160 Å². The number of nitrogens with zero attached hydrogens (tertiary/aromatic N) is 4. The second-order valence-corrected chi connectivity index (χ2v) is 7.81. The van der Waals surface area contributed by atoms with Crippen LogP contribution in [-0.4, -0.2) is 60.8 Å². The van der Waals surface area contributed by atoms with E-state index in [-0.39, 0.29) is 0 Å². The van der Waals surface area contributed by atoms with Gasteiger partial charge in [0.25, 0.3) is 0 Å². The third kappa shape index (κ3) is 2.74. The van der Waals surface area contributed by atoms with Crippen LogP contribution < -0.4 is 14.4 Å². The summed E-state index contributed by atoms with van der Waals surface area (Å²) >= 11 is 0. The van der Waals surface area contributed by atoms with Crippen molar-refractivity contribution >= 4 is 5.82 Å². The highest BCUT2D eigenvalue weighted by Crippen LogP contribution is 2.48. The molecule has 5 heterocycles. The lowest BCUT2D eigenvalue weighted by Crippen LogP contribution is -2.60. The zero-order chi connectivity index (χ0) is 18.4. The van der Waals surface area contributed by atoms with Crippen molar-refractivity contribution in [3.8, 4) is 11.6 Å². The van der Waals surface area contributed by atoms with Gasteiger partial charge in [0.2, 0.25) is 5.88 Å². The van der Waals surface area contributed by atoms with E-state index in [0.717, 1.165) is 24.0 Å². The van der Waals surface area contributed by atoms with Crippen molar-refractivity contribution in [2.45, 2.75) is 30.8 Å². The first kappa shape index (κ1) is 16.8. The van der Waals surface area contributed by atoms with E-state index in [0.29, 0.717) is 23.9 Å². The molecule has 142 valence electrons. The van der Waals surface area contributed by atoms with Crippen LogP contribution in [0.25, 0.3) is 0 Å². The first-order valence-corrected chi connectivity index (χ1v) is 9.79. The average molecular weight is 366 g/mol. The highest BCUT2D eigenvalue weighted by molar-refractivity contribution is 5.48. The molecule has 0 aliphatic carbocycles. The van der Waals surface area contributed by atoms with Crippen LogP contribution in [0.1, 0.15) is 24.3 Å². The number of anilines is 1. The summed E-state index contributed by atoms with van der Waals surface area (Å²) in [5.74, 6) is 3.73. The molecule has 0 saturated carbocycles. The molecule has 0 amide bonds. The van der Waals surface area contributed by atoms with Crippen LogP contribution in [0.2, 0.25) is 0 Å². The smallest absolute Gasteiger partial charge is 0.218 e. The van der Waals surface area contributed by atoms with Gasteiger partial charge < -0.3 is 14.4 Å². The average Bonchev–Trinajstić information content (AvgIpc) is 3.18. The monoisotopic (exact) mass is 366 g/mol. The fraction of sp³-hybridized carbons (Fsp3) is 0.524. The standard InChI is InChI=1S/C21H26N4O2/c1-26-16-5-3-4-15(10-16)17-12-25(18-11-19(27-2)23-13-22-18)20-14-6-8-24(9-7-14)21(17)20/h3-5,10-11,13-14,17,20-21H,6-9,12H2,1-2H3/t17-,20+,21+/m1/s1. The van der Waals surface area contributed by atoms with E-state index < -0.39 is 0 Å². The molecule has 1 aromatic heterocycles. The Hall–Kier alpha value is -2.34. The minimum absolute atomic E-state index is 0.453. The lowest BCUT2D eigenvalue weighted by Gasteiger charge is -2.51. The summed E-state index contributed by atoms with van der Waals surface area (Å²) in [5, 5.41) is 0. The maximum absolute atomic E-state index is 5.49. The van der Waals surface area contributed by atoms with Gasteiger partial charge in [0, 0.05) is 30.6 Å². The largest absolute Gasteiger partial charge is 0.497 e. The first-order chi connectivity index (χ1) is 13.3. The molecule has 0 radical (unpaired) electrons. The van der Waals surface area contributed by atoms with Crippen LogP contribution in [0.3, 0.4) is 0 Å². The van der Waals surface area contributed by atoms with E-state index in [9.17, 15) is 0 Å². The second kappa shape index (κ2) is 6.68. The van der Waals surface area contributed by atoms with E-state index in [1.54, 1.807) is 20.5 Å². The third-order valence-corrected chi connectivity index (χ3v) is 6.65. The number of rotatable bonds is 4. The topological polar surface area (TPSA) is 50.7 Å². The summed E-state index contributed by atoms with van der Waals surface area (Å²) in [7, 11) is 3.40. The van der Waals surface area contributed by atoms with Gasteiger partial charge in [0.05, 0.1) is 14.2 Å². The Kier molecular flexibility index (Phi) is 4.16. The van der Waals surface area contributed by atoms with Crippen LogP contribution >= 0.6 is 0 Å². The molecule has 27 heavy (non-hydrogen) atoms. The van der Waals surface area contributed by atoms with Gasteiger partial charge in [-0.15, -0.1) is 0 Å². The summed E-state index contributed by atoms with van der Waals surface area (Å²) in [6.45, 7) is 3.40. The summed E-state index contributed by atoms with van der Waals surface area (Å²) in [6.07, 6.45) is 4.18. The predicted octanol–water partition coefficient (Wildman–Crippen LogP) is 2.56. The zero-order valence-corrected chi connectivity index (χ0v) is 15.9. The lowest BCUT2D eigenvalue weighted by atomic mass is 9.75. The van der Waals surface area contributed by atoms with Gasteiger partial charge in [0.15, 0.2) is 0 Å². The summed E-state index contributed by atoms with van der Waals surface area (Å²) in [5.41, 5.74) is 1.36. The summed E-state index contributed by atoms with van der Waals surface area (Å²) < 4.78 is 10.8. The van der Waals surface area contributed by atoms with Gasteiger partial charge in [-0.3, -0.25) is 4.90 Å². The minimum atomic E-state index is 0.453. The minimum Gasteiger partial charge on any atom is -0.497 e. The van der Waals surface area contributed by atoms with Crippen LogP contribution in [0, 0.1) is 5.92 Å². The van der Waals surface area contributed by atoms with E-state index in [1.165, 1.54) is 31.5 Å². The number of hydrogen-bond donors (Lipinski definition) is 0. The molecule has 2 bridgehead atoms. The molecule has 0 unspecified atom stereocenters. The van der Waals surface area contributed by atoms with Crippen molar-refractivity contribution in [3.05, 3.63) is 42.2 Å². The fourth-order valence-electron chi connectivity index (χ4n) is 5.45. The van der Waals surface area contributed by atoms with Crippen LogP contribution in [0.5, 0.6) is 11.6 Å². The van der Waals surface area contributed by atoms with Crippen molar-refractivity contribution in [3.63, 3.8) is 0 Å². The van der Waals surface area contributed by atoms with Gasteiger partial charge in [-0.25, -0.2) is 9.97 Å². The Morgan fingerprint density at radius 2 is 1.85 bits per heavy atom. The van der Waals surface area contributed by atoms with Crippen molar-refractivity contribution in [1.82, 2.24) is 14.9 Å². The molecule has 2 aromatic rings. The van der Waals surface area contributed by atoms with E-state index in [4.69, 9.17) is 9.47 Å². The molecule has 4 fully saturated rings. The SMILES string of the molecule is COc1cccc([C@H]2CN(c3cc(OC)ncn3)[C@H]3C4CCN(CC4)[C@@H]23)c1. The van der Waals surface area contributed by atoms with E-state index in [2.05, 4.69) is 38.0 Å². The van der Waals surface area contributed by atoms with Gasteiger partial charge in [0.1, 0.15) is 17.9 Å². The predicted molar refractivity (Wildman–Crippen MR) is 104 cm³/mol. The Morgan fingerprint density at radius 1 is 1.00 bits per heavy atom. The number of piperidine rings is 3. The number of fused-ring (bicyclic) bond motifs is 2. The van der Waals surface area contributed by atoms with Crippen molar-refractivity contribution < 1.29 is 9.47 Å². The number of hydrogen-bond acceptors (Lipinski definition) is 6. The lowest BCUT2D eigenvalue weighted by molar-refractivity contribution is 0.0354. The van der Waals surface area contributed by atoms with Crippen LogP contribution in [0.4, 0.5) is 5.82 Å². The molecule has 6 nitrogen and oxygen atoms in total. The Balaban J connectivity index is 1.55. The van der Waals surface area contributed by atoms with Gasteiger partial charge in [-0.1, -0.05) is 12.1 Å². The van der Waals surface area contributed by atoms with Crippen LogP contribution in [-0.2, 0) is 0 Å². The highest BCUT2D eigenvalue weighted by atomic mass is 16.5. The van der Waals surface area contributed by atoms with E-state index in [1.807, 2.05) is 12.1 Å². The third-order valence-electron chi connectivity index (χ3n) is 6.65. The molecule has 6 rings (SSSR count). The number of methoxy groups -OCH3 is 2. The van der Waals surface area contributed by atoms with Crippen molar-refractivity contribution in [2.24, 2.45) is 5.92 Å². The molecule has 1 aromatic carbocycles. The Bertz CT molecular complexity index is 754. The maximum Gasteiger partial charge on any atom is 0.218 e. The Morgan fingerprint density at radius 3 is 2.63 bits per heavy atom. The van der Waals surface area contributed by atoms with Gasteiger partial charge in [-0.05, 0) is 49.5 Å². The molecular formula is C21H26N4O2. The van der Waals surface area contributed by atoms with Crippen LogP contribution in [0.15, 0.2) is 36.7 Å². The molecule has 6 heteroatoms. The quantitative estimate of drug-likeness (QED) is 0.829. The summed E-state index contributed by atoms with van der Waals surface area (Å²) in [4.78, 5) is 14.0. The molecule has 4 aliphatic heterocycles. The fourth-order valence-corrected chi connectivity index (χ4v) is 5.45. The second-order valence-electron chi connectivity index (χ2n) is 7.81. The maximum atomic E-state index is 5.49. The van der Waals surface area contributed by atoms with Gasteiger partial charge >= 0.3 is 0 Å². The number of benzene rings is 1. The molecule has 3 atom stereocenters. The zero-order valence-electron chi connectivity index (χ0n) is 15.9. The van der Waals surface area contributed by atoms with Crippen molar-refractivity contribution in [2.75, 3.05) is 38.8 Å². The molecule has 0 N–H and O–H groups in total. The molecular weight excluding hydrogens is 340 g/mol. The molecule has 4 saturated heterocycles. The van der Waals surface area contributed by atoms with Gasteiger partial charge in [-0.2, -0.15) is 0 Å². The number of aromatic nitrogens is 2. The van der Waals surface area contributed by atoms with E-state index >= 15 is 0 Å². The molecule has 0 spiro atoms. The first-order valence-electron chi connectivity index (χ1n) is 9.79. The highest BCUT2D eigenvalue weighted by Gasteiger charge is 2.53. The summed E-state index contributed by atoms with van der Waals surface area (Å²) in [6, 6.07) is 11.6. The number of ether oxygens (including phenoxy) is 2. The van der Waals surface area contributed by atoms with Crippen molar-refractivity contribution in [1.29, 1.82) is 0 Å². The molecule has 4 aliphatic rings. The normalized spacial score (nSPS) is 31.6.